The molecule has 0 saturated heterocycles. The zero-order valence-corrected chi connectivity index (χ0v) is 11.2. The van der Waals surface area contributed by atoms with Gasteiger partial charge in [-0.15, -0.1) is 0 Å². The van der Waals surface area contributed by atoms with Gasteiger partial charge in [-0.3, -0.25) is 0 Å². The van der Waals surface area contributed by atoms with Crippen LogP contribution in [0.4, 0.5) is 13.2 Å². The fourth-order valence-electron chi connectivity index (χ4n) is 2.29. The van der Waals surface area contributed by atoms with E-state index in [2.05, 4.69) is 6.58 Å². The van der Waals surface area contributed by atoms with Crippen molar-refractivity contribution in [3.63, 3.8) is 0 Å². The Morgan fingerprint density at radius 2 is 2.10 bits per heavy atom. The third kappa shape index (κ3) is 3.64. The Morgan fingerprint density at radius 1 is 1.43 bits per heavy atom. The molecular weight excluding hydrogens is 285 g/mol. The Bertz CT molecular complexity index is 551. The summed E-state index contributed by atoms with van der Waals surface area (Å²) < 4.78 is 41.9. The van der Waals surface area contributed by atoms with Gasteiger partial charge in [0.25, 0.3) is 0 Å². The highest BCUT2D eigenvalue weighted by Gasteiger charge is 2.39. The topological polar surface area (TPSA) is 46.5 Å². The Hall–Kier alpha value is -1.82. The number of ether oxygens (including phenoxy) is 1. The summed E-state index contributed by atoms with van der Waals surface area (Å²) in [5, 5.41) is 8.93. The minimum atomic E-state index is -4.77. The second kappa shape index (κ2) is 5.89. The van der Waals surface area contributed by atoms with E-state index in [-0.39, 0.29) is 5.57 Å². The summed E-state index contributed by atoms with van der Waals surface area (Å²) in [5.41, 5.74) is 1.55. The molecule has 0 aromatic heterocycles. The number of hydrogen-bond donors (Lipinski definition) is 1. The molecule has 0 aliphatic heterocycles. The number of hydrogen-bond acceptors (Lipinski definition) is 3. The first-order chi connectivity index (χ1) is 9.79. The molecule has 0 spiro atoms. The minimum Gasteiger partial charge on any atom is -0.454 e. The van der Waals surface area contributed by atoms with Gasteiger partial charge in [0.1, 0.15) is 6.10 Å². The first-order valence-electron chi connectivity index (χ1n) is 6.50. The number of carbonyl (C=O) groups excluding carboxylic acids is 1. The second-order valence-electron chi connectivity index (χ2n) is 5.00. The number of alkyl halides is 3. The van der Waals surface area contributed by atoms with Crippen LogP contribution < -0.4 is 0 Å². The first-order valence-corrected chi connectivity index (χ1v) is 6.50. The van der Waals surface area contributed by atoms with Crippen LogP contribution in [0.2, 0.25) is 0 Å². The highest BCUT2D eigenvalue weighted by molar-refractivity contribution is 5.88. The van der Waals surface area contributed by atoms with Crippen molar-refractivity contribution < 1.29 is 27.8 Å². The molecule has 2 rings (SSSR count). The molecule has 114 valence electrons. The lowest BCUT2D eigenvalue weighted by Crippen LogP contribution is -2.30. The van der Waals surface area contributed by atoms with Crippen molar-refractivity contribution in [3.05, 3.63) is 47.5 Å². The van der Waals surface area contributed by atoms with Crippen LogP contribution in [0.1, 0.15) is 30.1 Å². The quantitative estimate of drug-likeness (QED) is 0.686. The van der Waals surface area contributed by atoms with Crippen molar-refractivity contribution in [2.75, 3.05) is 0 Å². The van der Waals surface area contributed by atoms with E-state index in [4.69, 9.17) is 9.84 Å². The molecule has 0 fully saturated rings. The maximum atomic E-state index is 12.2. The molecule has 2 unspecified atom stereocenters. The van der Waals surface area contributed by atoms with Crippen molar-refractivity contribution in [2.45, 2.75) is 37.6 Å². The van der Waals surface area contributed by atoms with E-state index in [0.717, 1.165) is 17.5 Å². The number of rotatable bonds is 4. The molecule has 1 aliphatic rings. The van der Waals surface area contributed by atoms with E-state index in [1.165, 1.54) is 0 Å². The summed E-state index contributed by atoms with van der Waals surface area (Å²) in [4.78, 5) is 11.8. The normalized spacial score (nSPS) is 19.0. The predicted octanol–water partition coefficient (Wildman–Crippen LogP) is 3.09. The van der Waals surface area contributed by atoms with Gasteiger partial charge in [0.05, 0.1) is 0 Å². The number of halogens is 3. The number of esters is 1. The summed E-state index contributed by atoms with van der Waals surface area (Å²) in [7, 11) is 0. The summed E-state index contributed by atoms with van der Waals surface area (Å²) in [5.74, 6) is -0.903. The predicted molar refractivity (Wildman–Crippen MR) is 69.4 cm³/mol. The van der Waals surface area contributed by atoms with Gasteiger partial charge in [0, 0.05) is 12.0 Å². The zero-order valence-electron chi connectivity index (χ0n) is 11.2. The largest absolute Gasteiger partial charge is 0.454 e. The van der Waals surface area contributed by atoms with Crippen LogP contribution in [-0.2, 0) is 16.0 Å². The molecule has 0 saturated carbocycles. The van der Waals surface area contributed by atoms with E-state index in [1.807, 2.05) is 24.3 Å². The number of aliphatic hydroxyl groups excluding tert-OH is 1. The van der Waals surface area contributed by atoms with Gasteiger partial charge >= 0.3 is 12.1 Å². The van der Waals surface area contributed by atoms with E-state index < -0.39 is 30.8 Å². The Labute approximate surface area is 120 Å². The van der Waals surface area contributed by atoms with Gasteiger partial charge < -0.3 is 9.84 Å². The maximum Gasteiger partial charge on any atom is 0.414 e. The number of carbonyl (C=O) groups is 1. The molecule has 0 amide bonds. The lowest BCUT2D eigenvalue weighted by atomic mass is 10.1. The van der Waals surface area contributed by atoms with Crippen LogP contribution in [0.5, 0.6) is 0 Å². The first kappa shape index (κ1) is 15.6. The van der Waals surface area contributed by atoms with Crippen molar-refractivity contribution in [1.82, 2.24) is 0 Å². The molecule has 2 atom stereocenters. The Balaban J connectivity index is 1.95. The second-order valence-corrected chi connectivity index (χ2v) is 5.00. The molecular formula is C15H15F3O3. The van der Waals surface area contributed by atoms with Gasteiger partial charge in [-0.05, 0) is 24.0 Å². The van der Waals surface area contributed by atoms with Crippen LogP contribution >= 0.6 is 0 Å². The van der Waals surface area contributed by atoms with Gasteiger partial charge in [-0.2, -0.15) is 13.2 Å². The molecule has 3 nitrogen and oxygen atoms in total. The van der Waals surface area contributed by atoms with Gasteiger partial charge in [0.2, 0.25) is 0 Å². The molecule has 1 aromatic rings. The number of aliphatic hydroxyl groups is 1. The zero-order chi connectivity index (χ0) is 15.6. The molecule has 0 bridgehead atoms. The van der Waals surface area contributed by atoms with Crippen molar-refractivity contribution in [2.24, 2.45) is 0 Å². The number of aryl methyl sites for hydroxylation is 1. The third-order valence-corrected chi connectivity index (χ3v) is 3.43. The summed E-state index contributed by atoms with van der Waals surface area (Å²) in [6, 6.07) is 7.44. The molecule has 1 N–H and O–H groups in total. The molecule has 1 aliphatic carbocycles. The molecule has 6 heteroatoms. The van der Waals surface area contributed by atoms with E-state index in [0.29, 0.717) is 6.42 Å². The monoisotopic (exact) mass is 300 g/mol. The van der Waals surface area contributed by atoms with Crippen molar-refractivity contribution in [3.8, 4) is 0 Å². The van der Waals surface area contributed by atoms with Crippen LogP contribution in [0, 0.1) is 0 Å². The SMILES string of the molecule is C=C(CC(O)C(F)(F)F)C(=O)OC1CCc2ccccc21. The molecule has 0 heterocycles. The summed E-state index contributed by atoms with van der Waals surface area (Å²) in [6.45, 7) is 3.27. The molecule has 1 aromatic carbocycles. The smallest absolute Gasteiger partial charge is 0.414 e. The van der Waals surface area contributed by atoms with E-state index >= 15 is 0 Å². The Kier molecular flexibility index (Phi) is 4.37. The minimum absolute atomic E-state index is 0.385. The van der Waals surface area contributed by atoms with Crippen LogP contribution in [-0.4, -0.2) is 23.4 Å². The third-order valence-electron chi connectivity index (χ3n) is 3.43. The van der Waals surface area contributed by atoms with Crippen LogP contribution in [0.25, 0.3) is 0 Å². The standard InChI is InChI=1S/C15H15F3O3/c1-9(8-13(19)15(16,17)18)14(20)21-12-7-6-10-4-2-3-5-11(10)12/h2-5,12-13,19H,1,6-8H2. The fraction of sp³-hybridized carbons (Fsp3) is 0.400. The van der Waals surface area contributed by atoms with Gasteiger partial charge in [-0.25, -0.2) is 4.79 Å². The average molecular weight is 300 g/mol. The van der Waals surface area contributed by atoms with Crippen LogP contribution in [0.3, 0.4) is 0 Å². The van der Waals surface area contributed by atoms with Gasteiger partial charge in [-0.1, -0.05) is 30.8 Å². The highest BCUT2D eigenvalue weighted by atomic mass is 19.4. The lowest BCUT2D eigenvalue weighted by Gasteiger charge is -2.17. The van der Waals surface area contributed by atoms with Gasteiger partial charge in [0.15, 0.2) is 6.10 Å². The van der Waals surface area contributed by atoms with Crippen molar-refractivity contribution >= 4 is 5.97 Å². The number of benzene rings is 1. The highest BCUT2D eigenvalue weighted by Crippen LogP contribution is 2.34. The fourth-order valence-corrected chi connectivity index (χ4v) is 2.29. The maximum absolute atomic E-state index is 12.2. The lowest BCUT2D eigenvalue weighted by molar-refractivity contribution is -0.203. The average Bonchev–Trinajstić information content (AvgIpc) is 2.81. The Morgan fingerprint density at radius 3 is 2.76 bits per heavy atom. The molecule has 21 heavy (non-hydrogen) atoms. The summed E-state index contributed by atoms with van der Waals surface area (Å²) in [6.07, 6.45) is -7.37. The summed E-state index contributed by atoms with van der Waals surface area (Å²) >= 11 is 0. The van der Waals surface area contributed by atoms with E-state index in [9.17, 15) is 18.0 Å². The molecule has 0 radical (unpaired) electrons. The van der Waals surface area contributed by atoms with Crippen molar-refractivity contribution in [1.29, 1.82) is 0 Å². The van der Waals surface area contributed by atoms with Crippen LogP contribution in [0.15, 0.2) is 36.4 Å². The number of fused-ring (bicyclic) bond motifs is 1. The van der Waals surface area contributed by atoms with E-state index in [1.54, 1.807) is 0 Å².